The van der Waals surface area contributed by atoms with E-state index in [0.29, 0.717) is 23.1 Å². The molecule has 0 saturated carbocycles. The smallest absolute Gasteiger partial charge is 0.267 e. The Balaban J connectivity index is 1.74. The molecule has 1 amide bonds. The highest BCUT2D eigenvalue weighted by atomic mass is 32.2. The van der Waals surface area contributed by atoms with E-state index in [9.17, 15) is 4.79 Å². The van der Waals surface area contributed by atoms with Crippen molar-refractivity contribution in [2.24, 2.45) is 9.98 Å². The number of amidine groups is 2. The lowest BCUT2D eigenvalue weighted by atomic mass is 10.1. The van der Waals surface area contributed by atoms with Crippen LogP contribution in [0.3, 0.4) is 0 Å². The fourth-order valence-electron chi connectivity index (χ4n) is 2.60. The highest BCUT2D eigenvalue weighted by Crippen LogP contribution is 2.28. The summed E-state index contributed by atoms with van der Waals surface area (Å²) in [5, 5.41) is 2.51. The molecule has 2 aromatic carbocycles. The molecule has 0 aliphatic carbocycles. The molecule has 0 saturated heterocycles. The van der Waals surface area contributed by atoms with Crippen molar-refractivity contribution in [3.63, 3.8) is 0 Å². The van der Waals surface area contributed by atoms with Gasteiger partial charge in [-0.15, -0.1) is 0 Å². The molecular weight excluding hydrogens is 330 g/mol. The molecule has 5 heteroatoms. The highest BCUT2D eigenvalue weighted by molar-refractivity contribution is 8.16. The van der Waals surface area contributed by atoms with Crippen LogP contribution < -0.4 is 0 Å². The fraction of sp³-hybridized carbons (Fsp3) is 0.0500. The molecule has 0 N–H and O–H groups in total. The average Bonchev–Trinajstić information content (AvgIpc) is 3.13. The van der Waals surface area contributed by atoms with Crippen molar-refractivity contribution < 1.29 is 4.79 Å². The second-order valence-corrected chi connectivity index (χ2v) is 6.44. The molecule has 2 aliphatic heterocycles. The molecule has 0 aromatic heterocycles. The van der Waals surface area contributed by atoms with Crippen LogP contribution in [0.25, 0.3) is 6.08 Å². The summed E-state index contributed by atoms with van der Waals surface area (Å²) >= 11 is 1.43. The number of rotatable bonds is 3. The number of hydrogen-bond donors (Lipinski definition) is 0. The molecular formula is C20H15N3OS. The van der Waals surface area contributed by atoms with E-state index in [1.165, 1.54) is 11.8 Å². The first-order chi connectivity index (χ1) is 12.3. The van der Waals surface area contributed by atoms with E-state index in [4.69, 9.17) is 0 Å². The van der Waals surface area contributed by atoms with Crippen molar-refractivity contribution >= 4 is 34.7 Å². The predicted octanol–water partition coefficient (Wildman–Crippen LogP) is 4.08. The minimum absolute atomic E-state index is 0.0954. The number of aliphatic imine (C=N–C) groups is 2. The predicted molar refractivity (Wildman–Crippen MR) is 103 cm³/mol. The molecule has 4 nitrogen and oxygen atoms in total. The van der Waals surface area contributed by atoms with E-state index in [0.717, 1.165) is 11.1 Å². The van der Waals surface area contributed by atoms with E-state index in [-0.39, 0.29) is 5.91 Å². The number of carbonyl (C=O) groups excluding carboxylic acids is 1. The standard InChI is InChI=1S/C20H15N3OS/c24-19-17(13-15-7-3-1-4-8-15)18(22-20-23(19)11-12-25-20)21-14-16-9-5-2-6-10-16/h1-13H,14H2. The van der Waals surface area contributed by atoms with Gasteiger partial charge in [0.1, 0.15) is 0 Å². The Hall–Kier alpha value is -2.92. The summed E-state index contributed by atoms with van der Waals surface area (Å²) in [7, 11) is 0. The van der Waals surface area contributed by atoms with Gasteiger partial charge in [0.15, 0.2) is 11.0 Å². The van der Waals surface area contributed by atoms with Crippen LogP contribution in [-0.2, 0) is 11.3 Å². The molecule has 0 radical (unpaired) electrons. The summed E-state index contributed by atoms with van der Waals surface area (Å²) < 4.78 is 0. The lowest BCUT2D eigenvalue weighted by Crippen LogP contribution is -2.36. The normalized spacial score (nSPS) is 19.4. The number of fused-ring (bicyclic) bond motifs is 1. The third kappa shape index (κ3) is 3.32. The maximum atomic E-state index is 12.9. The monoisotopic (exact) mass is 345 g/mol. The first-order valence-corrected chi connectivity index (χ1v) is 8.80. The molecule has 0 spiro atoms. The second-order valence-electron chi connectivity index (χ2n) is 5.57. The van der Waals surface area contributed by atoms with Crippen molar-refractivity contribution in [3.05, 3.63) is 89.0 Å². The number of hydrogen-bond acceptors (Lipinski definition) is 3. The topological polar surface area (TPSA) is 45.0 Å². The third-order valence-electron chi connectivity index (χ3n) is 3.85. The maximum absolute atomic E-state index is 12.9. The zero-order chi connectivity index (χ0) is 17.1. The first kappa shape index (κ1) is 15.6. The Labute approximate surface area is 150 Å². The van der Waals surface area contributed by atoms with Crippen LogP contribution in [0.15, 0.2) is 87.8 Å². The molecule has 0 fully saturated rings. The maximum Gasteiger partial charge on any atom is 0.267 e. The number of benzene rings is 2. The molecule has 4 rings (SSSR count). The Morgan fingerprint density at radius 3 is 2.52 bits per heavy atom. The van der Waals surface area contributed by atoms with Gasteiger partial charge in [0.25, 0.3) is 5.91 Å². The van der Waals surface area contributed by atoms with Gasteiger partial charge in [-0.05, 0) is 22.6 Å². The minimum Gasteiger partial charge on any atom is -0.268 e. The van der Waals surface area contributed by atoms with E-state index in [1.54, 1.807) is 11.1 Å². The molecule has 122 valence electrons. The molecule has 2 aliphatic rings. The first-order valence-electron chi connectivity index (χ1n) is 7.92. The van der Waals surface area contributed by atoms with Gasteiger partial charge < -0.3 is 0 Å². The van der Waals surface area contributed by atoms with E-state index in [2.05, 4.69) is 9.98 Å². The van der Waals surface area contributed by atoms with Crippen LogP contribution in [0.4, 0.5) is 0 Å². The van der Waals surface area contributed by atoms with Crippen LogP contribution >= 0.6 is 11.8 Å². The van der Waals surface area contributed by atoms with Crippen molar-refractivity contribution in [2.45, 2.75) is 6.54 Å². The van der Waals surface area contributed by atoms with Crippen LogP contribution in [0.5, 0.6) is 0 Å². The Morgan fingerprint density at radius 1 is 1.04 bits per heavy atom. The van der Waals surface area contributed by atoms with Gasteiger partial charge in [-0.25, -0.2) is 4.99 Å². The average molecular weight is 345 g/mol. The van der Waals surface area contributed by atoms with E-state index < -0.39 is 0 Å². The van der Waals surface area contributed by atoms with Gasteiger partial charge in [0.2, 0.25) is 0 Å². The number of carbonyl (C=O) groups is 1. The van der Waals surface area contributed by atoms with Gasteiger partial charge in [-0.1, -0.05) is 72.4 Å². The van der Waals surface area contributed by atoms with Gasteiger partial charge in [0.05, 0.1) is 12.1 Å². The minimum atomic E-state index is -0.0954. The van der Waals surface area contributed by atoms with Gasteiger partial charge in [-0.3, -0.25) is 14.7 Å². The summed E-state index contributed by atoms with van der Waals surface area (Å²) in [6.45, 7) is 0.491. The van der Waals surface area contributed by atoms with Gasteiger partial charge in [-0.2, -0.15) is 0 Å². The summed E-state index contributed by atoms with van der Waals surface area (Å²) in [4.78, 5) is 23.6. The van der Waals surface area contributed by atoms with Gasteiger partial charge in [0, 0.05) is 6.20 Å². The Morgan fingerprint density at radius 2 is 1.76 bits per heavy atom. The molecule has 25 heavy (non-hydrogen) atoms. The van der Waals surface area contributed by atoms with E-state index in [1.807, 2.05) is 72.1 Å². The fourth-order valence-corrected chi connectivity index (χ4v) is 3.30. The molecule has 2 aromatic rings. The van der Waals surface area contributed by atoms with Crippen molar-refractivity contribution in [1.29, 1.82) is 0 Å². The van der Waals surface area contributed by atoms with E-state index >= 15 is 0 Å². The molecule has 0 atom stereocenters. The zero-order valence-corrected chi connectivity index (χ0v) is 14.2. The summed E-state index contributed by atoms with van der Waals surface area (Å²) in [5.74, 6) is 0.391. The van der Waals surface area contributed by atoms with Crippen LogP contribution in [0.2, 0.25) is 0 Å². The summed E-state index contributed by atoms with van der Waals surface area (Å²) in [6.07, 6.45) is 3.60. The molecule has 0 unspecified atom stereocenters. The Bertz CT molecular complexity index is 914. The van der Waals surface area contributed by atoms with Crippen molar-refractivity contribution in [1.82, 2.24) is 4.90 Å². The summed E-state index contributed by atoms with van der Waals surface area (Å²) in [5.41, 5.74) is 2.55. The van der Waals surface area contributed by atoms with Crippen molar-refractivity contribution in [3.8, 4) is 0 Å². The van der Waals surface area contributed by atoms with Gasteiger partial charge >= 0.3 is 0 Å². The molecule has 0 bridgehead atoms. The summed E-state index contributed by atoms with van der Waals surface area (Å²) in [6, 6.07) is 19.7. The SMILES string of the molecule is O=C1C(=Cc2ccccc2)C(=NCc2ccccc2)N=C2SC=CN12. The van der Waals surface area contributed by atoms with Crippen molar-refractivity contribution in [2.75, 3.05) is 0 Å². The van der Waals surface area contributed by atoms with Crippen LogP contribution in [-0.4, -0.2) is 21.8 Å². The number of amides is 1. The quantitative estimate of drug-likeness (QED) is 0.787. The second kappa shape index (κ2) is 6.91. The molecule has 2 heterocycles. The largest absolute Gasteiger partial charge is 0.268 e. The number of thioether (sulfide) groups is 1. The lowest BCUT2D eigenvalue weighted by Gasteiger charge is -2.21. The van der Waals surface area contributed by atoms with Crippen LogP contribution in [0, 0.1) is 0 Å². The van der Waals surface area contributed by atoms with Crippen LogP contribution in [0.1, 0.15) is 11.1 Å². The highest BCUT2D eigenvalue weighted by Gasteiger charge is 2.32. The Kier molecular flexibility index (Phi) is 4.31. The zero-order valence-electron chi connectivity index (χ0n) is 13.4. The lowest BCUT2D eigenvalue weighted by molar-refractivity contribution is -0.121. The number of nitrogens with zero attached hydrogens (tertiary/aromatic N) is 3. The third-order valence-corrected chi connectivity index (χ3v) is 4.60.